The second kappa shape index (κ2) is 5.97. The highest BCUT2D eigenvalue weighted by Crippen LogP contribution is 2.11. The van der Waals surface area contributed by atoms with Gasteiger partial charge in [-0.2, -0.15) is 0 Å². The van der Waals surface area contributed by atoms with Crippen LogP contribution >= 0.6 is 0 Å². The van der Waals surface area contributed by atoms with E-state index in [1.165, 1.54) is 0 Å². The van der Waals surface area contributed by atoms with Gasteiger partial charge in [0.05, 0.1) is 11.4 Å². The van der Waals surface area contributed by atoms with Gasteiger partial charge in [-0.1, -0.05) is 18.2 Å². The van der Waals surface area contributed by atoms with Crippen LogP contribution in [0.2, 0.25) is 0 Å². The molecule has 2 heterocycles. The molecule has 0 saturated heterocycles. The van der Waals surface area contributed by atoms with Crippen molar-refractivity contribution in [3.05, 3.63) is 48.5 Å². The number of hydrogen-bond acceptors (Lipinski definition) is 4. The Bertz CT molecular complexity index is 697. The molecule has 21 heavy (non-hydrogen) atoms. The number of imidazole rings is 1. The van der Waals surface area contributed by atoms with Crippen molar-refractivity contribution in [2.45, 2.75) is 18.0 Å². The Morgan fingerprint density at radius 1 is 1.33 bits per heavy atom. The van der Waals surface area contributed by atoms with Crippen LogP contribution in [0.5, 0.6) is 0 Å². The van der Waals surface area contributed by atoms with Crippen LogP contribution in [0.25, 0.3) is 0 Å². The number of sulfonamides is 1. The van der Waals surface area contributed by atoms with E-state index >= 15 is 0 Å². The smallest absolute Gasteiger partial charge is 0.240 e. The monoisotopic (exact) mass is 306 g/mol. The Morgan fingerprint density at radius 2 is 2.14 bits per heavy atom. The molecule has 1 aliphatic heterocycles. The van der Waals surface area contributed by atoms with E-state index in [4.69, 9.17) is 0 Å². The van der Waals surface area contributed by atoms with E-state index in [9.17, 15) is 8.42 Å². The van der Waals surface area contributed by atoms with Crippen molar-refractivity contribution in [1.82, 2.24) is 19.6 Å². The summed E-state index contributed by atoms with van der Waals surface area (Å²) in [5.74, 6) is 1.18. The molecule has 1 aliphatic rings. The molecule has 6 nitrogen and oxygen atoms in total. The van der Waals surface area contributed by atoms with E-state index < -0.39 is 10.0 Å². The molecular weight excluding hydrogens is 288 g/mol. The first-order valence-corrected chi connectivity index (χ1v) is 8.39. The van der Waals surface area contributed by atoms with Gasteiger partial charge in [0.1, 0.15) is 5.82 Å². The van der Waals surface area contributed by atoms with Crippen molar-refractivity contribution in [1.29, 1.82) is 0 Å². The summed E-state index contributed by atoms with van der Waals surface area (Å²) in [5.41, 5.74) is 0. The minimum Gasteiger partial charge on any atom is -0.333 e. The zero-order chi connectivity index (χ0) is 14.7. The quantitative estimate of drug-likeness (QED) is 0.866. The maximum atomic E-state index is 12.2. The topological polar surface area (TPSA) is 76.0 Å². The van der Waals surface area contributed by atoms with Gasteiger partial charge < -0.3 is 9.88 Å². The highest BCUT2D eigenvalue weighted by Gasteiger charge is 2.19. The highest BCUT2D eigenvalue weighted by atomic mass is 32.2. The first-order chi connectivity index (χ1) is 10.1. The number of benzene rings is 1. The molecule has 1 atom stereocenters. The minimum atomic E-state index is -3.44. The van der Waals surface area contributed by atoms with Gasteiger partial charge in [-0.25, -0.2) is 18.1 Å². The van der Waals surface area contributed by atoms with E-state index in [0.29, 0.717) is 11.4 Å². The Balaban J connectivity index is 1.65. The van der Waals surface area contributed by atoms with E-state index in [-0.39, 0.29) is 5.92 Å². The molecule has 3 rings (SSSR count). The average molecular weight is 306 g/mol. The van der Waals surface area contributed by atoms with Crippen LogP contribution in [-0.4, -0.2) is 31.1 Å². The summed E-state index contributed by atoms with van der Waals surface area (Å²) in [6.07, 6.45) is 3.70. The van der Waals surface area contributed by atoms with Gasteiger partial charge >= 0.3 is 0 Å². The van der Waals surface area contributed by atoms with E-state index in [2.05, 4.69) is 19.6 Å². The molecule has 0 bridgehead atoms. The summed E-state index contributed by atoms with van der Waals surface area (Å²) < 4.78 is 29.2. The fourth-order valence-corrected chi connectivity index (χ4v) is 3.59. The number of rotatable bonds is 4. The average Bonchev–Trinajstić information content (AvgIpc) is 2.84. The summed E-state index contributed by atoms with van der Waals surface area (Å²) in [6.45, 7) is 2.65. The zero-order valence-electron chi connectivity index (χ0n) is 11.6. The predicted octanol–water partition coefficient (Wildman–Crippen LogP) is 0.581. The van der Waals surface area contributed by atoms with E-state index in [1.54, 1.807) is 36.5 Å². The van der Waals surface area contributed by atoms with Crippen molar-refractivity contribution >= 4 is 10.0 Å². The Labute approximate surface area is 124 Å². The third kappa shape index (κ3) is 3.31. The molecular formula is C14H18N4O2S. The Kier molecular flexibility index (Phi) is 4.05. The number of fused-ring (bicyclic) bond motifs is 1. The fraction of sp³-hybridized carbons (Fsp3) is 0.357. The summed E-state index contributed by atoms with van der Waals surface area (Å²) >= 11 is 0. The molecule has 1 aromatic carbocycles. The molecule has 0 spiro atoms. The Morgan fingerprint density at radius 3 is 2.95 bits per heavy atom. The van der Waals surface area contributed by atoms with Gasteiger partial charge in [-0.05, 0) is 12.1 Å². The normalized spacial score (nSPS) is 19.0. The second-order valence-corrected chi connectivity index (χ2v) is 6.92. The van der Waals surface area contributed by atoms with Crippen LogP contribution in [0, 0.1) is 5.92 Å². The summed E-state index contributed by atoms with van der Waals surface area (Å²) in [6, 6.07) is 8.44. The van der Waals surface area contributed by atoms with Gasteiger partial charge in [0.15, 0.2) is 0 Å². The first kappa shape index (κ1) is 14.2. The second-order valence-electron chi connectivity index (χ2n) is 5.16. The van der Waals surface area contributed by atoms with Crippen molar-refractivity contribution in [2.24, 2.45) is 5.92 Å². The molecule has 0 amide bonds. The summed E-state index contributed by atoms with van der Waals surface area (Å²) in [5, 5.41) is 3.30. The number of nitrogens with one attached hydrogen (secondary N) is 2. The lowest BCUT2D eigenvalue weighted by molar-refractivity contribution is 0.435. The van der Waals surface area contributed by atoms with Gasteiger partial charge in [-0.3, -0.25) is 0 Å². The van der Waals surface area contributed by atoms with Crippen LogP contribution in [0.15, 0.2) is 47.6 Å². The molecule has 112 valence electrons. The summed E-state index contributed by atoms with van der Waals surface area (Å²) in [4.78, 5) is 4.57. The van der Waals surface area contributed by atoms with Crippen molar-refractivity contribution < 1.29 is 8.42 Å². The molecule has 0 fully saturated rings. The number of aromatic nitrogens is 2. The van der Waals surface area contributed by atoms with Crippen LogP contribution in [0.1, 0.15) is 5.82 Å². The number of hydrogen-bond donors (Lipinski definition) is 2. The SMILES string of the molecule is O=S(=O)(NC[C@H]1CNCc2nccn2C1)c1ccccc1. The fourth-order valence-electron chi connectivity index (χ4n) is 2.45. The van der Waals surface area contributed by atoms with Gasteiger partial charge in [0.25, 0.3) is 0 Å². The van der Waals surface area contributed by atoms with Crippen molar-refractivity contribution in [3.63, 3.8) is 0 Å². The molecule has 0 aliphatic carbocycles. The zero-order valence-corrected chi connectivity index (χ0v) is 12.4. The van der Waals surface area contributed by atoms with Gasteiger partial charge in [0, 0.05) is 37.9 Å². The maximum absolute atomic E-state index is 12.2. The predicted molar refractivity (Wildman–Crippen MR) is 79.1 cm³/mol. The molecule has 0 unspecified atom stereocenters. The van der Waals surface area contributed by atoms with Gasteiger partial charge in [0.2, 0.25) is 10.0 Å². The first-order valence-electron chi connectivity index (χ1n) is 6.90. The third-order valence-corrected chi connectivity index (χ3v) is 5.03. The molecule has 0 radical (unpaired) electrons. The van der Waals surface area contributed by atoms with Crippen LogP contribution in [-0.2, 0) is 23.1 Å². The lowest BCUT2D eigenvalue weighted by atomic mass is 10.1. The van der Waals surface area contributed by atoms with E-state index in [0.717, 1.165) is 25.5 Å². The molecule has 0 saturated carbocycles. The van der Waals surface area contributed by atoms with E-state index in [1.807, 2.05) is 6.20 Å². The van der Waals surface area contributed by atoms with Crippen molar-refractivity contribution in [2.75, 3.05) is 13.1 Å². The van der Waals surface area contributed by atoms with Crippen LogP contribution in [0.3, 0.4) is 0 Å². The minimum absolute atomic E-state index is 0.193. The van der Waals surface area contributed by atoms with Crippen LogP contribution in [0.4, 0.5) is 0 Å². The lowest BCUT2D eigenvalue weighted by Gasteiger charge is -2.16. The highest BCUT2D eigenvalue weighted by molar-refractivity contribution is 7.89. The molecule has 2 N–H and O–H groups in total. The standard InChI is InChI=1S/C14H18N4O2S/c19-21(20,13-4-2-1-3-5-13)17-9-12-8-15-10-14-16-6-7-18(14)11-12/h1-7,12,15,17H,8-11H2/t12-/m1/s1. The largest absolute Gasteiger partial charge is 0.333 e. The molecule has 7 heteroatoms. The van der Waals surface area contributed by atoms with Crippen molar-refractivity contribution in [3.8, 4) is 0 Å². The third-order valence-electron chi connectivity index (χ3n) is 3.59. The Hall–Kier alpha value is -1.70. The summed E-state index contributed by atoms with van der Waals surface area (Å²) in [7, 11) is -3.44. The molecule has 2 aromatic rings. The number of nitrogens with zero attached hydrogens (tertiary/aromatic N) is 2. The lowest BCUT2D eigenvalue weighted by Crippen LogP contribution is -2.34. The maximum Gasteiger partial charge on any atom is 0.240 e. The van der Waals surface area contributed by atoms with Crippen LogP contribution < -0.4 is 10.0 Å². The molecule has 1 aromatic heterocycles. The van der Waals surface area contributed by atoms with Gasteiger partial charge in [-0.15, -0.1) is 0 Å².